The molecule has 27 heavy (non-hydrogen) atoms. The lowest BCUT2D eigenvalue weighted by Gasteiger charge is -2.15. The summed E-state index contributed by atoms with van der Waals surface area (Å²) >= 11 is 1.16. The molecule has 4 rings (SSSR count). The fourth-order valence-electron chi connectivity index (χ4n) is 2.58. The van der Waals surface area contributed by atoms with Crippen molar-refractivity contribution in [2.45, 2.75) is 29.4 Å². The second-order valence-corrected chi connectivity index (χ2v) is 7.39. The van der Waals surface area contributed by atoms with Crippen molar-refractivity contribution in [2.24, 2.45) is 0 Å². The quantitative estimate of drug-likeness (QED) is 0.622. The summed E-state index contributed by atoms with van der Waals surface area (Å²) in [5.41, 5.74) is 1.36. The summed E-state index contributed by atoms with van der Waals surface area (Å²) in [6.45, 7) is 0. The smallest absolute Gasteiger partial charge is 0.257 e. The molecule has 0 bridgehead atoms. The van der Waals surface area contributed by atoms with Crippen LogP contribution < -0.4 is 5.32 Å². The van der Waals surface area contributed by atoms with Gasteiger partial charge in [0.15, 0.2) is 5.76 Å². The molecule has 7 heteroatoms. The number of thioether (sulfide) groups is 1. The number of nitrogens with one attached hydrogen (secondary N) is 1. The lowest BCUT2D eigenvalue weighted by Crippen LogP contribution is -2.29. The zero-order chi connectivity index (χ0) is 18.8. The number of halogens is 2. The molecule has 3 aromatic rings. The minimum absolute atomic E-state index is 0.157. The Bertz CT molecular complexity index is 937. The fraction of sp³-hybridized carbons (Fsp3) is 0.200. The molecule has 1 heterocycles. The Morgan fingerprint density at radius 3 is 2.33 bits per heavy atom. The average molecular weight is 386 g/mol. The van der Waals surface area contributed by atoms with Crippen molar-refractivity contribution in [3.63, 3.8) is 0 Å². The zero-order valence-corrected chi connectivity index (χ0v) is 15.0. The SMILES string of the molecule is O=C(NC1CC1)C(Sc1ncc(-c2ccc(F)cc2)o1)c1ccc(F)cc1. The van der Waals surface area contributed by atoms with Crippen LogP contribution in [0.25, 0.3) is 11.3 Å². The van der Waals surface area contributed by atoms with Crippen molar-refractivity contribution >= 4 is 17.7 Å². The molecular weight excluding hydrogens is 370 g/mol. The van der Waals surface area contributed by atoms with Gasteiger partial charge in [-0.25, -0.2) is 13.8 Å². The molecule has 1 amide bonds. The number of amides is 1. The Kier molecular flexibility index (Phi) is 4.94. The highest BCUT2D eigenvalue weighted by molar-refractivity contribution is 8.00. The maximum atomic E-state index is 13.3. The second kappa shape index (κ2) is 7.52. The number of nitrogens with zero attached hydrogens (tertiary/aromatic N) is 1. The largest absolute Gasteiger partial charge is 0.431 e. The van der Waals surface area contributed by atoms with Crippen LogP contribution in [0.3, 0.4) is 0 Å². The summed E-state index contributed by atoms with van der Waals surface area (Å²) < 4.78 is 32.1. The van der Waals surface area contributed by atoms with Crippen molar-refractivity contribution in [2.75, 3.05) is 0 Å². The summed E-state index contributed by atoms with van der Waals surface area (Å²) in [5.74, 6) is -0.366. The van der Waals surface area contributed by atoms with Crippen LogP contribution >= 0.6 is 11.8 Å². The maximum Gasteiger partial charge on any atom is 0.257 e. The minimum atomic E-state index is -0.606. The maximum absolute atomic E-state index is 13.3. The lowest BCUT2D eigenvalue weighted by atomic mass is 10.1. The van der Waals surface area contributed by atoms with Gasteiger partial charge in [-0.05, 0) is 66.6 Å². The van der Waals surface area contributed by atoms with Crippen LogP contribution in [0.4, 0.5) is 8.78 Å². The number of benzene rings is 2. The molecule has 0 spiro atoms. The van der Waals surface area contributed by atoms with E-state index in [9.17, 15) is 13.6 Å². The Balaban J connectivity index is 1.56. The van der Waals surface area contributed by atoms with E-state index >= 15 is 0 Å². The predicted octanol–water partition coefficient (Wildman–Crippen LogP) is 4.73. The average Bonchev–Trinajstić information content (AvgIpc) is 3.35. The third-order valence-electron chi connectivity index (χ3n) is 4.17. The van der Waals surface area contributed by atoms with E-state index in [2.05, 4.69) is 10.3 Å². The second-order valence-electron chi connectivity index (χ2n) is 6.33. The summed E-state index contributed by atoms with van der Waals surface area (Å²) in [6, 6.07) is 11.9. The number of carbonyl (C=O) groups is 1. The molecule has 1 aliphatic carbocycles. The number of hydrogen-bond acceptors (Lipinski definition) is 4. The normalized spacial score (nSPS) is 14.7. The van der Waals surface area contributed by atoms with Gasteiger partial charge < -0.3 is 9.73 Å². The monoisotopic (exact) mass is 386 g/mol. The van der Waals surface area contributed by atoms with E-state index in [0.29, 0.717) is 22.1 Å². The Morgan fingerprint density at radius 1 is 1.07 bits per heavy atom. The molecule has 138 valence electrons. The fourth-order valence-corrected chi connectivity index (χ4v) is 3.50. The first-order chi connectivity index (χ1) is 13.1. The topological polar surface area (TPSA) is 55.1 Å². The van der Waals surface area contributed by atoms with Crippen LogP contribution in [0.2, 0.25) is 0 Å². The van der Waals surface area contributed by atoms with Crippen molar-refractivity contribution in [1.29, 1.82) is 0 Å². The third kappa shape index (κ3) is 4.36. The number of hydrogen-bond donors (Lipinski definition) is 1. The molecule has 0 radical (unpaired) electrons. The summed E-state index contributed by atoms with van der Waals surface area (Å²) in [4.78, 5) is 16.9. The van der Waals surface area contributed by atoms with Gasteiger partial charge in [-0.1, -0.05) is 12.1 Å². The molecule has 1 unspecified atom stereocenters. The molecule has 1 saturated carbocycles. The van der Waals surface area contributed by atoms with Gasteiger partial charge in [-0.2, -0.15) is 0 Å². The van der Waals surface area contributed by atoms with E-state index in [1.165, 1.54) is 30.5 Å². The molecule has 1 fully saturated rings. The van der Waals surface area contributed by atoms with Gasteiger partial charge in [-0.3, -0.25) is 4.79 Å². The van der Waals surface area contributed by atoms with Crippen molar-refractivity contribution in [3.05, 3.63) is 71.9 Å². The van der Waals surface area contributed by atoms with Crippen LogP contribution in [0, 0.1) is 11.6 Å². The van der Waals surface area contributed by atoms with Crippen LogP contribution in [-0.2, 0) is 4.79 Å². The first-order valence-electron chi connectivity index (χ1n) is 8.53. The van der Waals surface area contributed by atoms with Crippen LogP contribution in [-0.4, -0.2) is 16.9 Å². The lowest BCUT2D eigenvalue weighted by molar-refractivity contribution is -0.120. The number of oxazole rings is 1. The highest BCUT2D eigenvalue weighted by atomic mass is 32.2. The number of carbonyl (C=O) groups excluding carboxylic acids is 1. The minimum Gasteiger partial charge on any atom is -0.431 e. The molecule has 2 aromatic carbocycles. The van der Waals surface area contributed by atoms with E-state index in [4.69, 9.17) is 4.42 Å². The van der Waals surface area contributed by atoms with Gasteiger partial charge >= 0.3 is 0 Å². The highest BCUT2D eigenvalue weighted by Gasteiger charge is 2.30. The van der Waals surface area contributed by atoms with Crippen molar-refractivity contribution in [1.82, 2.24) is 10.3 Å². The first kappa shape index (κ1) is 17.7. The van der Waals surface area contributed by atoms with Gasteiger partial charge in [0.25, 0.3) is 5.22 Å². The van der Waals surface area contributed by atoms with Crippen molar-refractivity contribution in [3.8, 4) is 11.3 Å². The molecule has 1 atom stereocenters. The van der Waals surface area contributed by atoms with Gasteiger partial charge in [0.2, 0.25) is 5.91 Å². The van der Waals surface area contributed by atoms with Crippen LogP contribution in [0.5, 0.6) is 0 Å². The van der Waals surface area contributed by atoms with Gasteiger partial charge in [0.1, 0.15) is 16.9 Å². The van der Waals surface area contributed by atoms with Crippen LogP contribution in [0.1, 0.15) is 23.7 Å². The molecule has 1 aromatic heterocycles. The molecular formula is C20H16F2N2O2S. The molecule has 1 N–H and O–H groups in total. The van der Waals surface area contributed by atoms with Gasteiger partial charge in [0.05, 0.1) is 6.20 Å². The Morgan fingerprint density at radius 2 is 1.70 bits per heavy atom. The van der Waals surface area contributed by atoms with E-state index in [-0.39, 0.29) is 23.6 Å². The van der Waals surface area contributed by atoms with Gasteiger partial charge in [-0.15, -0.1) is 0 Å². The number of rotatable bonds is 6. The molecule has 1 aliphatic rings. The Labute approximate surface area is 159 Å². The standard InChI is InChI=1S/C20H16F2N2O2S/c21-14-5-1-12(2-6-14)17-11-23-20(26-17)27-18(19(25)24-16-9-10-16)13-3-7-15(22)8-4-13/h1-8,11,16,18H,9-10H2,(H,24,25). The summed E-state index contributed by atoms with van der Waals surface area (Å²) in [7, 11) is 0. The summed E-state index contributed by atoms with van der Waals surface area (Å²) in [6.07, 6.45) is 3.48. The van der Waals surface area contributed by atoms with E-state index < -0.39 is 5.25 Å². The van der Waals surface area contributed by atoms with E-state index in [1.807, 2.05) is 0 Å². The summed E-state index contributed by atoms with van der Waals surface area (Å²) in [5, 5.41) is 2.68. The molecule has 0 saturated heterocycles. The van der Waals surface area contributed by atoms with E-state index in [1.54, 1.807) is 24.3 Å². The van der Waals surface area contributed by atoms with Crippen LogP contribution in [0.15, 0.2) is 64.4 Å². The first-order valence-corrected chi connectivity index (χ1v) is 9.41. The Hall–Kier alpha value is -2.67. The molecule has 4 nitrogen and oxygen atoms in total. The van der Waals surface area contributed by atoms with Gasteiger partial charge in [0, 0.05) is 11.6 Å². The van der Waals surface area contributed by atoms with Crippen molar-refractivity contribution < 1.29 is 18.0 Å². The zero-order valence-electron chi connectivity index (χ0n) is 14.2. The third-order valence-corrected chi connectivity index (χ3v) is 5.28. The highest BCUT2D eigenvalue weighted by Crippen LogP contribution is 2.37. The predicted molar refractivity (Wildman–Crippen MR) is 98.1 cm³/mol. The van der Waals surface area contributed by atoms with E-state index in [0.717, 1.165) is 24.6 Å². The number of aromatic nitrogens is 1. The molecule has 0 aliphatic heterocycles.